The van der Waals surface area contributed by atoms with E-state index in [9.17, 15) is 0 Å². The van der Waals surface area contributed by atoms with Gasteiger partial charge in [0.25, 0.3) is 0 Å². The summed E-state index contributed by atoms with van der Waals surface area (Å²) in [5, 5.41) is 2.12. The minimum Gasteiger partial charge on any atom is -0.379 e. The number of halogens is 1. The fourth-order valence-electron chi connectivity index (χ4n) is 2.83. The molecule has 1 atom stereocenters. The van der Waals surface area contributed by atoms with Gasteiger partial charge in [0.1, 0.15) is 0 Å². The van der Waals surface area contributed by atoms with E-state index in [-0.39, 0.29) is 24.0 Å². The van der Waals surface area contributed by atoms with E-state index in [0.29, 0.717) is 18.5 Å². The molecule has 0 spiro atoms. The molecule has 0 aromatic carbocycles. The summed E-state index contributed by atoms with van der Waals surface area (Å²) >= 11 is 1.79. The zero-order chi connectivity index (χ0) is 15.2. The van der Waals surface area contributed by atoms with Crippen molar-refractivity contribution in [3.05, 3.63) is 22.4 Å². The first-order valence-corrected chi connectivity index (χ1v) is 8.70. The molecule has 2 saturated heterocycles. The number of guanidine groups is 1. The van der Waals surface area contributed by atoms with Crippen molar-refractivity contribution >= 4 is 41.3 Å². The topological polar surface area (TPSA) is 63.3 Å². The van der Waals surface area contributed by atoms with Gasteiger partial charge in [0, 0.05) is 31.1 Å². The number of nitrogens with two attached hydrogens (primary N) is 1. The van der Waals surface area contributed by atoms with Crippen LogP contribution in [0.2, 0.25) is 0 Å². The van der Waals surface area contributed by atoms with Crippen LogP contribution in [0, 0.1) is 0 Å². The molecule has 1 aromatic rings. The molecule has 2 fully saturated rings. The van der Waals surface area contributed by atoms with Crippen LogP contribution in [0.15, 0.2) is 22.5 Å². The molecule has 6 nitrogen and oxygen atoms in total. The Bertz CT molecular complexity index is 474. The van der Waals surface area contributed by atoms with E-state index in [0.717, 1.165) is 52.6 Å². The van der Waals surface area contributed by atoms with Crippen molar-refractivity contribution in [2.24, 2.45) is 10.7 Å². The van der Waals surface area contributed by atoms with Crippen molar-refractivity contribution in [2.45, 2.75) is 6.04 Å². The lowest BCUT2D eigenvalue weighted by Gasteiger charge is -2.33. The van der Waals surface area contributed by atoms with E-state index in [1.54, 1.807) is 11.3 Å². The quantitative estimate of drug-likeness (QED) is 0.425. The Morgan fingerprint density at radius 3 is 2.43 bits per heavy atom. The van der Waals surface area contributed by atoms with Crippen molar-refractivity contribution < 1.29 is 9.47 Å². The molecule has 2 N–H and O–H groups in total. The van der Waals surface area contributed by atoms with Crippen LogP contribution in [0.5, 0.6) is 0 Å². The molecule has 2 aliphatic heterocycles. The van der Waals surface area contributed by atoms with Gasteiger partial charge in [-0.2, -0.15) is 0 Å². The van der Waals surface area contributed by atoms with Crippen molar-refractivity contribution in [3.63, 3.8) is 0 Å². The largest absolute Gasteiger partial charge is 0.379 e. The molecule has 23 heavy (non-hydrogen) atoms. The van der Waals surface area contributed by atoms with Crippen LogP contribution in [0.3, 0.4) is 0 Å². The van der Waals surface area contributed by atoms with Gasteiger partial charge in [0.2, 0.25) is 0 Å². The third kappa shape index (κ3) is 5.28. The first-order chi connectivity index (χ1) is 10.8. The van der Waals surface area contributed by atoms with Crippen LogP contribution in [0.25, 0.3) is 0 Å². The maximum absolute atomic E-state index is 6.16. The Labute approximate surface area is 158 Å². The van der Waals surface area contributed by atoms with E-state index in [4.69, 9.17) is 15.2 Å². The lowest BCUT2D eigenvalue weighted by Crippen LogP contribution is -2.45. The van der Waals surface area contributed by atoms with Gasteiger partial charge < -0.3 is 20.1 Å². The van der Waals surface area contributed by atoms with Gasteiger partial charge in [0.05, 0.1) is 39.0 Å². The minimum absolute atomic E-state index is 0. The summed E-state index contributed by atoms with van der Waals surface area (Å²) in [5.41, 5.74) is 6.16. The first-order valence-electron chi connectivity index (χ1n) is 7.82. The Morgan fingerprint density at radius 1 is 1.17 bits per heavy atom. The molecule has 3 heterocycles. The van der Waals surface area contributed by atoms with Crippen molar-refractivity contribution in [1.82, 2.24) is 9.80 Å². The number of rotatable bonds is 4. The molecule has 130 valence electrons. The molecule has 0 aliphatic carbocycles. The normalized spacial score (nSPS) is 21.7. The summed E-state index contributed by atoms with van der Waals surface area (Å²) in [5.74, 6) is 0.637. The van der Waals surface area contributed by atoms with Crippen LogP contribution in [-0.4, -0.2) is 74.9 Å². The number of hydrogen-bond donors (Lipinski definition) is 1. The predicted octanol–water partition coefficient (Wildman–Crippen LogP) is 1.39. The second kappa shape index (κ2) is 9.77. The van der Waals surface area contributed by atoms with Gasteiger partial charge >= 0.3 is 0 Å². The van der Waals surface area contributed by atoms with Crippen LogP contribution in [0.1, 0.15) is 10.9 Å². The van der Waals surface area contributed by atoms with Crippen molar-refractivity contribution in [1.29, 1.82) is 0 Å². The second-order valence-corrected chi connectivity index (χ2v) is 6.46. The zero-order valence-corrected chi connectivity index (χ0v) is 16.4. The van der Waals surface area contributed by atoms with E-state index < -0.39 is 0 Å². The Kier molecular flexibility index (Phi) is 8.04. The molecule has 3 rings (SSSR count). The van der Waals surface area contributed by atoms with Crippen LogP contribution >= 0.6 is 35.3 Å². The maximum Gasteiger partial charge on any atom is 0.191 e. The molecule has 0 radical (unpaired) electrons. The Hall–Kier alpha value is -0.420. The average molecular weight is 452 g/mol. The van der Waals surface area contributed by atoms with Crippen LogP contribution < -0.4 is 5.73 Å². The highest BCUT2D eigenvalue weighted by atomic mass is 127. The van der Waals surface area contributed by atoms with Gasteiger partial charge in [-0.15, -0.1) is 35.3 Å². The predicted molar refractivity (Wildman–Crippen MR) is 104 cm³/mol. The van der Waals surface area contributed by atoms with Crippen LogP contribution in [-0.2, 0) is 9.47 Å². The number of nitrogens with zero attached hydrogens (tertiary/aromatic N) is 3. The summed E-state index contributed by atoms with van der Waals surface area (Å²) in [6.07, 6.45) is 0. The minimum atomic E-state index is 0. The number of morpholine rings is 2. The van der Waals surface area contributed by atoms with Gasteiger partial charge in [-0.3, -0.25) is 9.89 Å². The number of aliphatic imine (C=N–C) groups is 1. The average Bonchev–Trinajstić information content (AvgIpc) is 3.11. The summed E-state index contributed by atoms with van der Waals surface area (Å²) in [4.78, 5) is 10.6. The zero-order valence-electron chi connectivity index (χ0n) is 13.2. The SMILES string of the molecule is I.NC(=NCC(c1cccs1)N1CCOCC1)N1CCOCC1. The van der Waals surface area contributed by atoms with E-state index in [1.807, 2.05) is 0 Å². The van der Waals surface area contributed by atoms with Gasteiger partial charge in [-0.25, -0.2) is 0 Å². The lowest BCUT2D eigenvalue weighted by atomic mass is 10.2. The highest BCUT2D eigenvalue weighted by Gasteiger charge is 2.23. The second-order valence-electron chi connectivity index (χ2n) is 5.48. The third-order valence-electron chi connectivity index (χ3n) is 4.12. The molecule has 0 amide bonds. The fraction of sp³-hybridized carbons (Fsp3) is 0.667. The van der Waals surface area contributed by atoms with Crippen molar-refractivity contribution in [2.75, 3.05) is 59.2 Å². The summed E-state index contributed by atoms with van der Waals surface area (Å²) in [6.45, 7) is 7.32. The van der Waals surface area contributed by atoms with E-state index in [2.05, 4.69) is 32.3 Å². The summed E-state index contributed by atoms with van der Waals surface area (Å²) < 4.78 is 10.8. The van der Waals surface area contributed by atoms with Gasteiger partial charge in [-0.1, -0.05) is 6.07 Å². The molecular formula is C15H25IN4O2S. The van der Waals surface area contributed by atoms with E-state index in [1.165, 1.54) is 4.88 Å². The molecule has 8 heteroatoms. The highest BCUT2D eigenvalue weighted by Crippen LogP contribution is 2.26. The Morgan fingerprint density at radius 2 is 1.83 bits per heavy atom. The molecule has 1 aromatic heterocycles. The Balaban J connectivity index is 0.00000192. The lowest BCUT2D eigenvalue weighted by molar-refractivity contribution is 0.0185. The summed E-state index contributed by atoms with van der Waals surface area (Å²) in [6, 6.07) is 4.58. The van der Waals surface area contributed by atoms with Crippen LogP contribution in [0.4, 0.5) is 0 Å². The smallest absolute Gasteiger partial charge is 0.191 e. The number of thiophene rings is 1. The van der Waals surface area contributed by atoms with Gasteiger partial charge in [0.15, 0.2) is 5.96 Å². The maximum atomic E-state index is 6.16. The molecule has 0 bridgehead atoms. The van der Waals surface area contributed by atoms with Gasteiger partial charge in [-0.05, 0) is 11.4 Å². The molecule has 1 unspecified atom stereocenters. The van der Waals surface area contributed by atoms with Crippen molar-refractivity contribution in [3.8, 4) is 0 Å². The van der Waals surface area contributed by atoms with E-state index >= 15 is 0 Å². The standard InChI is InChI=1S/C15H24N4O2S.HI/c16-15(19-5-9-21-10-6-19)17-12-13(14-2-1-11-22-14)18-3-7-20-8-4-18;/h1-2,11,13H,3-10,12H2,(H2,16,17);1H. The fourth-order valence-corrected chi connectivity index (χ4v) is 3.68. The first kappa shape index (κ1) is 18.9. The summed E-state index contributed by atoms with van der Waals surface area (Å²) in [7, 11) is 0. The highest BCUT2D eigenvalue weighted by molar-refractivity contribution is 14.0. The molecule has 2 aliphatic rings. The third-order valence-corrected chi connectivity index (χ3v) is 5.09. The number of ether oxygens (including phenoxy) is 2. The monoisotopic (exact) mass is 452 g/mol. The molecule has 0 saturated carbocycles. The number of hydrogen-bond acceptors (Lipinski definition) is 5. The molecular weight excluding hydrogens is 427 g/mol.